The van der Waals surface area contributed by atoms with Gasteiger partial charge >= 0.3 is 0 Å². The molecule has 1 aliphatic carbocycles. The lowest BCUT2D eigenvalue weighted by Gasteiger charge is -2.18. The van der Waals surface area contributed by atoms with Crippen LogP contribution >= 0.6 is 0 Å². The molecule has 1 aliphatic rings. The van der Waals surface area contributed by atoms with Crippen LogP contribution in [-0.2, 0) is 5.60 Å². The smallest absolute Gasteiger partial charge is 0.224 e. The number of hydrogen-bond acceptors (Lipinski definition) is 6. The van der Waals surface area contributed by atoms with Crippen LogP contribution in [0.1, 0.15) is 51.0 Å². The first-order valence-corrected chi connectivity index (χ1v) is 10.3. The van der Waals surface area contributed by atoms with Crippen molar-refractivity contribution in [1.82, 2.24) is 19.9 Å². The van der Waals surface area contributed by atoms with Crippen LogP contribution in [0.3, 0.4) is 0 Å². The van der Waals surface area contributed by atoms with Crippen molar-refractivity contribution in [3.8, 4) is 17.0 Å². The van der Waals surface area contributed by atoms with Gasteiger partial charge in [-0.1, -0.05) is 19.1 Å². The van der Waals surface area contributed by atoms with E-state index in [1.54, 1.807) is 20.0 Å². The Bertz CT molecular complexity index is 1050. The maximum absolute atomic E-state index is 10.2. The van der Waals surface area contributed by atoms with Gasteiger partial charge < -0.3 is 9.84 Å². The van der Waals surface area contributed by atoms with Crippen molar-refractivity contribution in [3.05, 3.63) is 65.6 Å². The molecule has 3 unspecified atom stereocenters. The monoisotopic (exact) mass is 406 g/mol. The van der Waals surface area contributed by atoms with E-state index < -0.39 is 5.60 Å². The number of nitrogens with zero attached hydrogens (tertiary/aromatic N) is 4. The van der Waals surface area contributed by atoms with Gasteiger partial charge in [0.1, 0.15) is 11.4 Å². The van der Waals surface area contributed by atoms with E-state index in [2.05, 4.69) is 32.9 Å². The third-order valence-electron chi connectivity index (χ3n) is 5.88. The van der Waals surface area contributed by atoms with Crippen LogP contribution < -0.4 is 4.74 Å². The van der Waals surface area contributed by atoms with Gasteiger partial charge in [-0.25, -0.2) is 4.98 Å². The maximum atomic E-state index is 10.2. The summed E-state index contributed by atoms with van der Waals surface area (Å²) in [6, 6.07) is 9.85. The minimum Gasteiger partial charge on any atom is -0.477 e. The average molecular weight is 407 g/mol. The quantitative estimate of drug-likeness (QED) is 0.651. The van der Waals surface area contributed by atoms with Crippen LogP contribution in [-0.4, -0.2) is 31.6 Å². The fourth-order valence-electron chi connectivity index (χ4n) is 3.97. The van der Waals surface area contributed by atoms with Gasteiger partial charge in [-0.3, -0.25) is 9.97 Å². The second-order valence-electron chi connectivity index (χ2n) is 8.64. The van der Waals surface area contributed by atoms with Crippen LogP contribution in [0.2, 0.25) is 0 Å². The first-order valence-electron chi connectivity index (χ1n) is 10.3. The Morgan fingerprint density at radius 3 is 2.53 bits per heavy atom. The lowest BCUT2D eigenvalue weighted by Crippen LogP contribution is -2.18. The fourth-order valence-corrected chi connectivity index (χ4v) is 3.97. The van der Waals surface area contributed by atoms with Gasteiger partial charge in [0.15, 0.2) is 0 Å². The number of aromatic nitrogens is 4. The summed E-state index contributed by atoms with van der Waals surface area (Å²) in [6.07, 6.45) is 3.63. The molecule has 0 spiro atoms. The molecular formula is C24H30N4O2. The molecule has 0 aromatic carbocycles. The molecule has 3 heterocycles. The number of aryl methyl sites for hydroxylation is 2. The topological polar surface area (TPSA) is 81.0 Å². The highest BCUT2D eigenvalue weighted by molar-refractivity contribution is 5.69. The zero-order valence-corrected chi connectivity index (χ0v) is 18.1. The van der Waals surface area contributed by atoms with E-state index >= 15 is 0 Å². The Labute approximate surface area is 178 Å². The molecule has 1 N–H and O–H groups in total. The van der Waals surface area contributed by atoms with Crippen molar-refractivity contribution in [3.63, 3.8) is 0 Å². The van der Waals surface area contributed by atoms with Gasteiger partial charge in [0, 0.05) is 42.6 Å². The van der Waals surface area contributed by atoms with E-state index in [0.29, 0.717) is 41.8 Å². The molecule has 3 atom stereocenters. The van der Waals surface area contributed by atoms with Crippen molar-refractivity contribution < 1.29 is 11.3 Å². The highest BCUT2D eigenvalue weighted by Crippen LogP contribution is 2.53. The number of pyridine rings is 2. The van der Waals surface area contributed by atoms with Crippen LogP contribution in [0.4, 0.5) is 0 Å². The molecular weight excluding hydrogens is 376 g/mol. The molecule has 3 aromatic rings. The van der Waals surface area contributed by atoms with E-state index in [-0.39, 0.29) is 1.43 Å². The molecule has 0 aliphatic heterocycles. The highest BCUT2D eigenvalue weighted by Gasteiger charge is 2.49. The van der Waals surface area contributed by atoms with E-state index in [4.69, 9.17) is 4.74 Å². The molecule has 158 valence electrons. The largest absolute Gasteiger partial charge is 0.477 e. The first kappa shape index (κ1) is 20.4. The second-order valence-corrected chi connectivity index (χ2v) is 8.64. The summed E-state index contributed by atoms with van der Waals surface area (Å²) in [4.78, 5) is 18.0. The van der Waals surface area contributed by atoms with Gasteiger partial charge in [0.2, 0.25) is 5.88 Å². The predicted octanol–water partition coefficient (Wildman–Crippen LogP) is 4.45. The summed E-state index contributed by atoms with van der Waals surface area (Å²) >= 11 is 0. The molecule has 1 saturated carbocycles. The van der Waals surface area contributed by atoms with E-state index in [9.17, 15) is 5.11 Å². The Kier molecular flexibility index (Phi) is 5.28. The van der Waals surface area contributed by atoms with Gasteiger partial charge in [-0.05, 0) is 51.8 Å². The fraction of sp³-hybridized carbons (Fsp3) is 0.417. The van der Waals surface area contributed by atoms with Gasteiger partial charge in [0.05, 0.1) is 17.9 Å². The SMILES string of the molecule is Cc1ncc(-c2ccc(C(C)(C)O)nc2C)c(OCC2C(C)C2c2ccccn2)n1.[HH]. The second kappa shape index (κ2) is 7.76. The van der Waals surface area contributed by atoms with Crippen LogP contribution in [0.25, 0.3) is 11.1 Å². The lowest BCUT2D eigenvalue weighted by atomic mass is 10.0. The summed E-state index contributed by atoms with van der Waals surface area (Å²) < 4.78 is 6.21. The molecule has 0 radical (unpaired) electrons. The summed E-state index contributed by atoms with van der Waals surface area (Å²) in [6.45, 7) is 10.1. The third-order valence-corrected chi connectivity index (χ3v) is 5.88. The molecule has 4 rings (SSSR count). The minimum absolute atomic E-state index is 0. The molecule has 0 saturated heterocycles. The van der Waals surface area contributed by atoms with Gasteiger partial charge in [-0.2, -0.15) is 4.98 Å². The van der Waals surface area contributed by atoms with E-state index in [1.807, 2.05) is 44.3 Å². The first-order chi connectivity index (χ1) is 14.3. The number of rotatable bonds is 6. The Hall–Kier alpha value is -2.86. The lowest BCUT2D eigenvalue weighted by molar-refractivity contribution is 0.0737. The summed E-state index contributed by atoms with van der Waals surface area (Å²) in [5, 5.41) is 10.2. The summed E-state index contributed by atoms with van der Waals surface area (Å²) in [5.41, 5.74) is 3.29. The van der Waals surface area contributed by atoms with Crippen molar-refractivity contribution in [2.75, 3.05) is 6.61 Å². The molecule has 3 aromatic heterocycles. The normalized spacial score (nSPS) is 20.8. The van der Waals surface area contributed by atoms with E-state index in [0.717, 1.165) is 22.5 Å². The van der Waals surface area contributed by atoms with Crippen molar-refractivity contribution in [1.29, 1.82) is 0 Å². The Morgan fingerprint density at radius 2 is 1.87 bits per heavy atom. The standard InChI is InChI=1S/C24H28N4O2.H2/c1-14-19(22(14)20-8-6-7-11-25-20)13-30-23-18(12-26-16(3)28-23)17-9-10-21(24(4,5)29)27-15(17)2;/h6-12,14,19,22,29H,13H2,1-5H3;1H. The molecule has 30 heavy (non-hydrogen) atoms. The zero-order chi connectivity index (χ0) is 21.5. The molecule has 6 heteroatoms. The van der Waals surface area contributed by atoms with Gasteiger partial charge in [-0.15, -0.1) is 0 Å². The highest BCUT2D eigenvalue weighted by atomic mass is 16.5. The number of hydrogen-bond donors (Lipinski definition) is 1. The third kappa shape index (κ3) is 4.05. The maximum Gasteiger partial charge on any atom is 0.224 e. The predicted molar refractivity (Wildman–Crippen MR) is 117 cm³/mol. The molecule has 0 bridgehead atoms. The number of ether oxygens (including phenoxy) is 1. The molecule has 1 fully saturated rings. The average Bonchev–Trinajstić information content (AvgIpc) is 3.36. The minimum atomic E-state index is -0.991. The van der Waals surface area contributed by atoms with Crippen molar-refractivity contribution in [2.24, 2.45) is 11.8 Å². The van der Waals surface area contributed by atoms with Gasteiger partial charge in [0.25, 0.3) is 0 Å². The van der Waals surface area contributed by atoms with Crippen LogP contribution in [0, 0.1) is 25.7 Å². The molecule has 0 amide bonds. The van der Waals surface area contributed by atoms with E-state index in [1.165, 1.54) is 0 Å². The summed E-state index contributed by atoms with van der Waals surface area (Å²) in [5.74, 6) is 2.60. The van der Waals surface area contributed by atoms with Crippen LogP contribution in [0.15, 0.2) is 42.7 Å². The summed E-state index contributed by atoms with van der Waals surface area (Å²) in [7, 11) is 0. The van der Waals surface area contributed by atoms with Crippen LogP contribution in [0.5, 0.6) is 5.88 Å². The number of aliphatic hydroxyl groups is 1. The van der Waals surface area contributed by atoms with Crippen molar-refractivity contribution in [2.45, 2.75) is 46.1 Å². The Balaban J connectivity index is 0.00000272. The zero-order valence-electron chi connectivity index (χ0n) is 18.1. The molecule has 6 nitrogen and oxygen atoms in total. The Morgan fingerprint density at radius 1 is 1.07 bits per heavy atom. The van der Waals surface area contributed by atoms with Crippen molar-refractivity contribution >= 4 is 0 Å².